The molecule has 4 saturated carbocycles. The Morgan fingerprint density at radius 2 is 1.86 bits per heavy atom. The summed E-state index contributed by atoms with van der Waals surface area (Å²) in [6.45, 7) is 3.47. The van der Waals surface area contributed by atoms with Crippen molar-refractivity contribution in [2.75, 3.05) is 10.6 Å². The second-order valence-corrected chi connectivity index (χ2v) is 11.1. The number of carbonyl (C=O) groups is 1. The maximum atomic E-state index is 14.2. The standard InChI is InChI=1S/C26H29F3N4O2/c1-14(2)35-23(34)16-3-4-20(33-24-8-15-5-18-7-19(10-24)25(18,24)9-15)21(6-16)32-22(26(27,28)29)17-11-30-13-31-12-17/h3-4,6,11-15,18-19,22,32-33H,5,7-10H2,1-2H3/t15?,18?,19?,22?,24?,25-/m0/s1. The largest absolute Gasteiger partial charge is 0.459 e. The van der Waals surface area contributed by atoms with Crippen molar-refractivity contribution in [2.24, 2.45) is 23.2 Å². The quantitative estimate of drug-likeness (QED) is 0.486. The Hall–Kier alpha value is -2.84. The molecule has 6 rings (SSSR count). The molecule has 1 spiro atoms. The summed E-state index contributed by atoms with van der Waals surface area (Å²) in [5.74, 6) is 1.59. The van der Waals surface area contributed by atoms with Gasteiger partial charge in [0.25, 0.3) is 0 Å². The van der Waals surface area contributed by atoms with Gasteiger partial charge in [-0.1, -0.05) is 0 Å². The summed E-state index contributed by atoms with van der Waals surface area (Å²) >= 11 is 0. The van der Waals surface area contributed by atoms with E-state index in [2.05, 4.69) is 20.6 Å². The number of nitrogens with one attached hydrogen (secondary N) is 2. The van der Waals surface area contributed by atoms with Crippen LogP contribution in [0.5, 0.6) is 0 Å². The lowest BCUT2D eigenvalue weighted by molar-refractivity contribution is -0.181. The molecule has 2 bridgehead atoms. The monoisotopic (exact) mass is 486 g/mol. The molecule has 35 heavy (non-hydrogen) atoms. The van der Waals surface area contributed by atoms with Gasteiger partial charge >= 0.3 is 12.1 Å². The van der Waals surface area contributed by atoms with Crippen molar-refractivity contribution < 1.29 is 22.7 Å². The summed E-state index contributed by atoms with van der Waals surface area (Å²) in [4.78, 5) is 20.1. The van der Waals surface area contributed by atoms with Gasteiger partial charge < -0.3 is 15.4 Å². The summed E-state index contributed by atoms with van der Waals surface area (Å²) in [5, 5.41) is 6.38. The molecular formula is C26H29F3N4O2. The van der Waals surface area contributed by atoms with Crippen LogP contribution in [-0.2, 0) is 4.74 Å². The highest BCUT2D eigenvalue weighted by Gasteiger charge is 2.80. The SMILES string of the molecule is CC(C)OC(=O)c1ccc(NC23CC4CC5CC(C2)[C@]53C4)c(NC(c2cncnc2)C(F)(F)F)c1. The molecule has 0 amide bonds. The molecule has 6 nitrogen and oxygen atoms in total. The number of benzene rings is 1. The number of esters is 1. The predicted molar refractivity (Wildman–Crippen MR) is 124 cm³/mol. The maximum absolute atomic E-state index is 14.2. The normalized spacial score (nSPS) is 32.9. The van der Waals surface area contributed by atoms with Crippen LogP contribution < -0.4 is 10.6 Å². The number of nitrogens with zero attached hydrogens (tertiary/aromatic N) is 2. The van der Waals surface area contributed by atoms with Crippen molar-refractivity contribution in [3.05, 3.63) is 48.0 Å². The van der Waals surface area contributed by atoms with Crippen molar-refractivity contribution in [2.45, 2.75) is 69.8 Å². The molecule has 6 atom stereocenters. The summed E-state index contributed by atoms with van der Waals surface area (Å²) in [6.07, 6.45) is 4.50. The third kappa shape index (κ3) is 3.33. The number of alkyl halides is 3. The number of anilines is 2. The number of hydrogen-bond donors (Lipinski definition) is 2. The molecule has 0 radical (unpaired) electrons. The summed E-state index contributed by atoms with van der Waals surface area (Å²) in [7, 11) is 0. The highest BCUT2D eigenvalue weighted by molar-refractivity contribution is 5.92. The zero-order chi connectivity index (χ0) is 24.6. The lowest BCUT2D eigenvalue weighted by atomic mass is 9.35. The first-order valence-electron chi connectivity index (χ1n) is 12.3. The minimum atomic E-state index is -4.60. The number of ether oxygens (including phenoxy) is 1. The number of hydrogen-bond acceptors (Lipinski definition) is 6. The summed E-state index contributed by atoms with van der Waals surface area (Å²) in [6, 6.07) is 2.78. The van der Waals surface area contributed by atoms with Crippen LogP contribution in [-0.4, -0.2) is 33.8 Å². The molecule has 1 aromatic carbocycles. The van der Waals surface area contributed by atoms with Gasteiger partial charge in [-0.3, -0.25) is 0 Å². The second-order valence-electron chi connectivity index (χ2n) is 11.1. The van der Waals surface area contributed by atoms with E-state index in [4.69, 9.17) is 4.74 Å². The van der Waals surface area contributed by atoms with Crippen LogP contribution in [0.3, 0.4) is 0 Å². The Kier molecular flexibility index (Phi) is 4.90. The topological polar surface area (TPSA) is 76.1 Å². The van der Waals surface area contributed by atoms with Gasteiger partial charge in [-0.05, 0) is 87.3 Å². The van der Waals surface area contributed by atoms with E-state index in [1.807, 2.05) is 0 Å². The van der Waals surface area contributed by atoms with Gasteiger partial charge in [0.1, 0.15) is 6.33 Å². The van der Waals surface area contributed by atoms with Gasteiger partial charge in [-0.15, -0.1) is 0 Å². The van der Waals surface area contributed by atoms with Crippen molar-refractivity contribution in [1.29, 1.82) is 0 Å². The van der Waals surface area contributed by atoms with Gasteiger partial charge in [-0.2, -0.15) is 13.2 Å². The van der Waals surface area contributed by atoms with Crippen molar-refractivity contribution >= 4 is 17.3 Å². The highest BCUT2D eigenvalue weighted by Crippen LogP contribution is 2.83. The van der Waals surface area contributed by atoms with Crippen LogP contribution in [0.15, 0.2) is 36.9 Å². The first-order valence-corrected chi connectivity index (χ1v) is 12.3. The second kappa shape index (κ2) is 7.58. The molecule has 2 N–H and O–H groups in total. The number of rotatable bonds is 7. The van der Waals surface area contributed by atoms with Gasteiger partial charge in [-0.25, -0.2) is 14.8 Å². The predicted octanol–water partition coefficient (Wildman–Crippen LogP) is 5.75. The summed E-state index contributed by atoms with van der Waals surface area (Å²) in [5.41, 5.74) is 1.14. The van der Waals surface area contributed by atoms with E-state index in [9.17, 15) is 18.0 Å². The van der Waals surface area contributed by atoms with E-state index >= 15 is 0 Å². The van der Waals surface area contributed by atoms with Crippen LogP contribution in [0, 0.1) is 23.2 Å². The first kappa shape index (κ1) is 22.6. The van der Waals surface area contributed by atoms with Gasteiger partial charge in [0.2, 0.25) is 0 Å². The maximum Gasteiger partial charge on any atom is 0.412 e. The molecule has 5 unspecified atom stereocenters. The fourth-order valence-corrected chi connectivity index (χ4v) is 7.81. The van der Waals surface area contributed by atoms with Crippen molar-refractivity contribution in [3.8, 4) is 0 Å². The van der Waals surface area contributed by atoms with Crippen LogP contribution >= 0.6 is 0 Å². The average Bonchev–Trinajstić information content (AvgIpc) is 3.27. The minimum absolute atomic E-state index is 0.0660. The number of fused-ring (bicyclic) bond motifs is 1. The molecule has 4 aliphatic rings. The Morgan fingerprint density at radius 1 is 1.09 bits per heavy atom. The Balaban J connectivity index is 1.36. The Morgan fingerprint density at radius 3 is 2.51 bits per heavy atom. The van der Waals surface area contributed by atoms with E-state index in [1.54, 1.807) is 26.0 Å². The average molecular weight is 487 g/mol. The van der Waals surface area contributed by atoms with Gasteiger partial charge in [0, 0.05) is 23.5 Å². The van der Waals surface area contributed by atoms with E-state index in [0.717, 1.165) is 37.1 Å². The van der Waals surface area contributed by atoms with Crippen LogP contribution in [0.1, 0.15) is 67.9 Å². The van der Waals surface area contributed by atoms with Crippen molar-refractivity contribution in [1.82, 2.24) is 9.97 Å². The molecule has 4 fully saturated rings. The number of halogens is 3. The minimum Gasteiger partial charge on any atom is -0.459 e. The molecule has 4 aliphatic carbocycles. The highest BCUT2D eigenvalue weighted by atomic mass is 19.4. The lowest BCUT2D eigenvalue weighted by Gasteiger charge is -2.73. The summed E-state index contributed by atoms with van der Waals surface area (Å²) < 4.78 is 47.8. The Labute approximate surface area is 202 Å². The van der Waals surface area contributed by atoms with E-state index < -0.39 is 18.2 Å². The molecule has 1 heterocycles. The van der Waals surface area contributed by atoms with Gasteiger partial charge in [0.15, 0.2) is 6.04 Å². The molecule has 0 aliphatic heterocycles. The molecule has 1 aromatic heterocycles. The van der Waals surface area contributed by atoms with E-state index in [-0.39, 0.29) is 28.5 Å². The van der Waals surface area contributed by atoms with Gasteiger partial charge in [0.05, 0.1) is 23.0 Å². The zero-order valence-corrected chi connectivity index (χ0v) is 19.7. The number of carbonyl (C=O) groups excluding carboxylic acids is 1. The third-order valence-electron chi connectivity index (χ3n) is 8.91. The molecule has 186 valence electrons. The molecular weight excluding hydrogens is 457 g/mol. The molecule has 9 heteroatoms. The third-order valence-corrected chi connectivity index (χ3v) is 8.91. The van der Waals surface area contributed by atoms with Crippen LogP contribution in [0.25, 0.3) is 0 Å². The number of aromatic nitrogens is 2. The fraction of sp³-hybridized carbons (Fsp3) is 0.577. The zero-order valence-electron chi connectivity index (χ0n) is 19.7. The smallest absolute Gasteiger partial charge is 0.412 e. The lowest BCUT2D eigenvalue weighted by Crippen LogP contribution is -2.73. The van der Waals surface area contributed by atoms with Crippen LogP contribution in [0.2, 0.25) is 0 Å². The molecule has 0 saturated heterocycles. The first-order chi connectivity index (χ1) is 16.6. The van der Waals surface area contributed by atoms with Crippen molar-refractivity contribution in [3.63, 3.8) is 0 Å². The van der Waals surface area contributed by atoms with Crippen LogP contribution in [0.4, 0.5) is 24.5 Å². The Bertz CT molecular complexity index is 1160. The van der Waals surface area contributed by atoms with E-state index in [0.29, 0.717) is 17.0 Å². The molecule has 2 aromatic rings. The van der Waals surface area contributed by atoms with E-state index in [1.165, 1.54) is 31.7 Å². The fourth-order valence-electron chi connectivity index (χ4n) is 7.81.